The van der Waals surface area contributed by atoms with Crippen LogP contribution in [0.3, 0.4) is 0 Å². The number of hydrogen-bond donors (Lipinski definition) is 1. The second-order valence-electron chi connectivity index (χ2n) is 7.59. The molecule has 2 fully saturated rings. The first-order chi connectivity index (χ1) is 9.47. The Labute approximate surface area is 138 Å². The largest absolute Gasteiger partial charge is 0.317 e. The summed E-state index contributed by atoms with van der Waals surface area (Å²) in [5.41, 5.74) is 0.799. The lowest BCUT2D eigenvalue weighted by atomic mass is 9.78. The fourth-order valence-electron chi connectivity index (χ4n) is 3.48. The highest BCUT2D eigenvalue weighted by atomic mass is 35.5. The van der Waals surface area contributed by atoms with Crippen molar-refractivity contribution in [2.24, 2.45) is 5.41 Å². The minimum absolute atomic E-state index is 0. The third kappa shape index (κ3) is 3.98. The quantitative estimate of drug-likeness (QED) is 0.901. The highest BCUT2D eigenvalue weighted by molar-refractivity contribution is 7.11. The van der Waals surface area contributed by atoms with Crippen LogP contribution in [0.2, 0.25) is 0 Å². The molecule has 120 valence electrons. The smallest absolute Gasteiger partial charge is 0.0981 e. The molecule has 0 saturated carbocycles. The first-order valence-corrected chi connectivity index (χ1v) is 8.67. The molecule has 1 aromatic rings. The van der Waals surface area contributed by atoms with E-state index in [2.05, 4.69) is 42.2 Å². The van der Waals surface area contributed by atoms with Gasteiger partial charge in [0.1, 0.15) is 0 Å². The summed E-state index contributed by atoms with van der Waals surface area (Å²) in [6.07, 6.45) is 6.21. The molecule has 5 heteroatoms. The molecule has 1 aromatic heterocycles. The average Bonchev–Trinajstić information content (AvgIpc) is 2.99. The maximum atomic E-state index is 4.62. The number of nitrogens with zero attached hydrogens (tertiary/aromatic N) is 2. The second kappa shape index (κ2) is 6.53. The van der Waals surface area contributed by atoms with Gasteiger partial charge in [0.25, 0.3) is 0 Å². The lowest BCUT2D eigenvalue weighted by Gasteiger charge is -2.33. The predicted octanol–water partition coefficient (Wildman–Crippen LogP) is 3.44. The van der Waals surface area contributed by atoms with Gasteiger partial charge in [-0.25, -0.2) is 4.98 Å². The number of likely N-dealkylation sites (tertiary alicyclic amines) is 1. The van der Waals surface area contributed by atoms with Gasteiger partial charge in [0.2, 0.25) is 0 Å². The van der Waals surface area contributed by atoms with Crippen molar-refractivity contribution in [2.45, 2.75) is 52.0 Å². The summed E-state index contributed by atoms with van der Waals surface area (Å²) in [6.45, 7) is 12.8. The minimum atomic E-state index is 0. The van der Waals surface area contributed by atoms with E-state index in [1.54, 1.807) is 0 Å². The van der Waals surface area contributed by atoms with E-state index in [0.717, 1.165) is 6.54 Å². The molecule has 2 aliphatic rings. The van der Waals surface area contributed by atoms with Crippen molar-refractivity contribution in [1.29, 1.82) is 0 Å². The lowest BCUT2D eigenvalue weighted by Crippen LogP contribution is -2.38. The molecule has 2 saturated heterocycles. The van der Waals surface area contributed by atoms with Crippen LogP contribution in [0.5, 0.6) is 0 Å². The van der Waals surface area contributed by atoms with Crippen molar-refractivity contribution in [3.05, 3.63) is 16.1 Å². The van der Waals surface area contributed by atoms with E-state index in [1.807, 2.05) is 11.3 Å². The summed E-state index contributed by atoms with van der Waals surface area (Å²) >= 11 is 1.90. The Kier molecular flexibility index (Phi) is 5.35. The zero-order valence-corrected chi connectivity index (χ0v) is 15.1. The Bertz CT molecular complexity index is 460. The molecule has 3 heterocycles. The summed E-state index contributed by atoms with van der Waals surface area (Å²) in [7, 11) is 0. The predicted molar refractivity (Wildman–Crippen MR) is 92.5 cm³/mol. The zero-order chi connectivity index (χ0) is 14.2. The third-order valence-electron chi connectivity index (χ3n) is 4.76. The first-order valence-electron chi connectivity index (χ1n) is 7.85. The Morgan fingerprint density at radius 1 is 1.29 bits per heavy atom. The minimum Gasteiger partial charge on any atom is -0.317 e. The SMILES string of the molecule is CC(C)(C)c1ncc(CN2CCC3(CCNCC3)C2)s1.Cl. The zero-order valence-electron chi connectivity index (χ0n) is 13.4. The van der Waals surface area contributed by atoms with Gasteiger partial charge in [-0.05, 0) is 44.3 Å². The van der Waals surface area contributed by atoms with Crippen LogP contribution < -0.4 is 5.32 Å². The van der Waals surface area contributed by atoms with Crippen LogP contribution in [-0.4, -0.2) is 36.1 Å². The number of piperidine rings is 1. The van der Waals surface area contributed by atoms with Gasteiger partial charge >= 0.3 is 0 Å². The Balaban J connectivity index is 0.00000161. The number of hydrogen-bond acceptors (Lipinski definition) is 4. The van der Waals surface area contributed by atoms with Crippen LogP contribution in [0.15, 0.2) is 6.20 Å². The normalized spacial score (nSPS) is 22.4. The summed E-state index contributed by atoms with van der Waals surface area (Å²) < 4.78 is 0. The molecular weight excluding hydrogens is 302 g/mol. The number of thiazole rings is 1. The molecule has 1 N–H and O–H groups in total. The Hall–Kier alpha value is -0.160. The van der Waals surface area contributed by atoms with Crippen LogP contribution in [-0.2, 0) is 12.0 Å². The monoisotopic (exact) mass is 329 g/mol. The highest BCUT2D eigenvalue weighted by Gasteiger charge is 2.38. The van der Waals surface area contributed by atoms with Crippen LogP contribution in [0, 0.1) is 5.41 Å². The van der Waals surface area contributed by atoms with Crippen molar-refractivity contribution in [3.8, 4) is 0 Å². The number of nitrogens with one attached hydrogen (secondary N) is 1. The molecule has 0 unspecified atom stereocenters. The number of rotatable bonds is 2. The number of halogens is 1. The van der Waals surface area contributed by atoms with E-state index < -0.39 is 0 Å². The maximum Gasteiger partial charge on any atom is 0.0981 e. The van der Waals surface area contributed by atoms with Crippen molar-refractivity contribution < 1.29 is 0 Å². The third-order valence-corrected chi connectivity index (χ3v) is 6.16. The van der Waals surface area contributed by atoms with Crippen molar-refractivity contribution in [3.63, 3.8) is 0 Å². The Morgan fingerprint density at radius 3 is 2.62 bits per heavy atom. The van der Waals surface area contributed by atoms with Crippen molar-refractivity contribution in [2.75, 3.05) is 26.2 Å². The average molecular weight is 330 g/mol. The van der Waals surface area contributed by atoms with Gasteiger partial charge < -0.3 is 5.32 Å². The molecular formula is C16H28ClN3S. The molecule has 3 rings (SSSR count). The first kappa shape index (κ1) is 17.2. The van der Waals surface area contributed by atoms with Crippen LogP contribution in [0.25, 0.3) is 0 Å². The molecule has 1 spiro atoms. The van der Waals surface area contributed by atoms with Gasteiger partial charge in [0.15, 0.2) is 0 Å². The maximum absolute atomic E-state index is 4.62. The molecule has 0 atom stereocenters. The fraction of sp³-hybridized carbons (Fsp3) is 0.812. The summed E-state index contributed by atoms with van der Waals surface area (Å²) in [4.78, 5) is 8.69. The van der Waals surface area contributed by atoms with Gasteiger partial charge in [-0.2, -0.15) is 0 Å². The van der Waals surface area contributed by atoms with E-state index in [4.69, 9.17) is 0 Å². The Morgan fingerprint density at radius 2 is 2.00 bits per heavy atom. The molecule has 0 bridgehead atoms. The topological polar surface area (TPSA) is 28.2 Å². The van der Waals surface area contributed by atoms with E-state index in [-0.39, 0.29) is 17.8 Å². The molecule has 3 nitrogen and oxygen atoms in total. The van der Waals surface area contributed by atoms with Gasteiger partial charge in [-0.15, -0.1) is 23.7 Å². The van der Waals surface area contributed by atoms with Crippen LogP contribution in [0.4, 0.5) is 0 Å². The molecule has 0 amide bonds. The number of aromatic nitrogens is 1. The van der Waals surface area contributed by atoms with Crippen molar-refractivity contribution in [1.82, 2.24) is 15.2 Å². The van der Waals surface area contributed by atoms with Crippen LogP contribution >= 0.6 is 23.7 Å². The summed E-state index contributed by atoms with van der Waals surface area (Å²) in [5, 5.41) is 4.76. The van der Waals surface area contributed by atoms with Gasteiger partial charge in [0, 0.05) is 29.6 Å². The fourth-order valence-corrected chi connectivity index (χ4v) is 4.49. The van der Waals surface area contributed by atoms with E-state index in [0.29, 0.717) is 5.41 Å². The molecule has 0 aromatic carbocycles. The molecule has 2 aliphatic heterocycles. The van der Waals surface area contributed by atoms with E-state index >= 15 is 0 Å². The summed E-state index contributed by atoms with van der Waals surface area (Å²) in [5.74, 6) is 0. The molecule has 0 aliphatic carbocycles. The molecule has 21 heavy (non-hydrogen) atoms. The highest BCUT2D eigenvalue weighted by Crippen LogP contribution is 2.39. The van der Waals surface area contributed by atoms with E-state index in [9.17, 15) is 0 Å². The standard InChI is InChI=1S/C16H27N3S.ClH/c1-15(2,3)14-18-10-13(20-14)11-19-9-6-16(12-19)4-7-17-8-5-16;/h10,17H,4-9,11-12H2,1-3H3;1H. The van der Waals surface area contributed by atoms with Gasteiger partial charge in [0.05, 0.1) is 5.01 Å². The van der Waals surface area contributed by atoms with Gasteiger partial charge in [-0.3, -0.25) is 4.90 Å². The second-order valence-corrected chi connectivity index (χ2v) is 8.71. The lowest BCUT2D eigenvalue weighted by molar-refractivity contribution is 0.194. The van der Waals surface area contributed by atoms with Gasteiger partial charge in [-0.1, -0.05) is 20.8 Å². The van der Waals surface area contributed by atoms with E-state index in [1.165, 1.54) is 55.3 Å². The summed E-state index contributed by atoms with van der Waals surface area (Å²) in [6, 6.07) is 0. The molecule has 0 radical (unpaired) electrons. The van der Waals surface area contributed by atoms with Crippen LogP contribution in [0.1, 0.15) is 49.9 Å². The van der Waals surface area contributed by atoms with Crippen molar-refractivity contribution >= 4 is 23.7 Å².